The van der Waals surface area contributed by atoms with Gasteiger partial charge in [0.2, 0.25) is 5.91 Å². The van der Waals surface area contributed by atoms with Gasteiger partial charge in [-0.1, -0.05) is 0 Å². The van der Waals surface area contributed by atoms with Gasteiger partial charge < -0.3 is 19.7 Å². The molecule has 2 amide bonds. The van der Waals surface area contributed by atoms with E-state index in [1.165, 1.54) is 11.8 Å². The lowest BCUT2D eigenvalue weighted by atomic mass is 10.2. The summed E-state index contributed by atoms with van der Waals surface area (Å²) < 4.78 is 10.4. The molecule has 2 aromatic rings. The van der Waals surface area contributed by atoms with Crippen LogP contribution in [0.5, 0.6) is 5.75 Å². The fourth-order valence-electron chi connectivity index (χ4n) is 2.23. The van der Waals surface area contributed by atoms with E-state index in [-0.39, 0.29) is 16.9 Å². The summed E-state index contributed by atoms with van der Waals surface area (Å²) in [6, 6.07) is 13.9. The highest BCUT2D eigenvalue weighted by Crippen LogP contribution is 2.17. The van der Waals surface area contributed by atoms with Gasteiger partial charge in [0.25, 0.3) is 5.91 Å². The second-order valence-corrected chi connectivity index (χ2v) is 6.31. The van der Waals surface area contributed by atoms with Gasteiger partial charge in [-0.2, -0.15) is 0 Å². The van der Waals surface area contributed by atoms with Crippen LogP contribution in [-0.4, -0.2) is 44.3 Å². The van der Waals surface area contributed by atoms with Gasteiger partial charge in [0, 0.05) is 38.0 Å². The van der Waals surface area contributed by atoms with Gasteiger partial charge in [0.05, 0.1) is 6.61 Å². The molecule has 0 bridgehead atoms. The first-order valence-electron chi connectivity index (χ1n) is 8.59. The lowest BCUT2D eigenvalue weighted by Gasteiger charge is -2.16. The number of carbonyl (C=O) groups is 2. The lowest BCUT2D eigenvalue weighted by molar-refractivity contribution is -0.116. The predicted octanol–water partition coefficient (Wildman–Crippen LogP) is 2.82. The van der Waals surface area contributed by atoms with Crippen molar-refractivity contribution in [2.45, 2.75) is 6.92 Å². The van der Waals surface area contributed by atoms with E-state index in [1.807, 2.05) is 0 Å². The number of methoxy groups -OCH3 is 1. The summed E-state index contributed by atoms with van der Waals surface area (Å²) in [7, 11) is 3.30. The number of ether oxygens (including phenoxy) is 2. The molecule has 0 spiro atoms. The van der Waals surface area contributed by atoms with Gasteiger partial charge in [-0.15, -0.1) is 0 Å². The van der Waals surface area contributed by atoms with Gasteiger partial charge in [-0.3, -0.25) is 14.9 Å². The van der Waals surface area contributed by atoms with Crippen molar-refractivity contribution in [2.75, 3.05) is 37.6 Å². The van der Waals surface area contributed by atoms with Crippen LogP contribution in [0.15, 0.2) is 48.5 Å². The lowest BCUT2D eigenvalue weighted by Crippen LogP contribution is -2.34. The SMILES string of the molecule is COCCOc1ccc(C(=O)NC(=S)Nc2ccc(N(C)C(C)=O)cc2)cc1. The Hall–Kier alpha value is -2.97. The number of nitrogens with zero attached hydrogens (tertiary/aromatic N) is 1. The zero-order chi connectivity index (χ0) is 20.5. The maximum Gasteiger partial charge on any atom is 0.257 e. The number of rotatable bonds is 7. The van der Waals surface area contributed by atoms with Crippen LogP contribution >= 0.6 is 12.2 Å². The number of amides is 2. The standard InChI is InChI=1S/C20H23N3O4S/c1-14(24)23(2)17-8-6-16(7-9-17)21-20(28)22-19(25)15-4-10-18(11-5-15)27-13-12-26-3/h4-11H,12-13H2,1-3H3,(H2,21,22,25,28). The zero-order valence-electron chi connectivity index (χ0n) is 16.0. The zero-order valence-corrected chi connectivity index (χ0v) is 16.8. The van der Waals surface area contributed by atoms with E-state index in [4.69, 9.17) is 21.7 Å². The summed E-state index contributed by atoms with van der Waals surface area (Å²) in [6.07, 6.45) is 0. The molecule has 0 aliphatic carbocycles. The average Bonchev–Trinajstić information content (AvgIpc) is 2.68. The summed E-state index contributed by atoms with van der Waals surface area (Å²) >= 11 is 5.19. The fourth-order valence-corrected chi connectivity index (χ4v) is 2.44. The van der Waals surface area contributed by atoms with Crippen molar-refractivity contribution in [3.63, 3.8) is 0 Å². The Bertz CT molecular complexity index is 822. The summed E-state index contributed by atoms with van der Waals surface area (Å²) in [6.45, 7) is 2.43. The normalized spacial score (nSPS) is 10.1. The molecule has 0 saturated carbocycles. The average molecular weight is 401 g/mol. The summed E-state index contributed by atoms with van der Waals surface area (Å²) in [5, 5.41) is 5.75. The molecule has 2 aromatic carbocycles. The molecule has 8 heteroatoms. The number of hydrogen-bond donors (Lipinski definition) is 2. The van der Waals surface area contributed by atoms with E-state index < -0.39 is 0 Å². The first-order chi connectivity index (χ1) is 13.4. The third-order valence-electron chi connectivity index (χ3n) is 3.88. The Morgan fingerprint density at radius 1 is 1.04 bits per heavy atom. The van der Waals surface area contributed by atoms with Crippen molar-refractivity contribution >= 4 is 40.5 Å². The molecule has 0 radical (unpaired) electrons. The van der Waals surface area contributed by atoms with E-state index in [0.717, 1.165) is 5.69 Å². The number of hydrogen-bond acceptors (Lipinski definition) is 5. The number of carbonyl (C=O) groups excluding carboxylic acids is 2. The molecule has 0 heterocycles. The number of benzene rings is 2. The van der Waals surface area contributed by atoms with Crippen LogP contribution in [-0.2, 0) is 9.53 Å². The number of anilines is 2. The van der Waals surface area contributed by atoms with Crippen LogP contribution in [0.1, 0.15) is 17.3 Å². The van der Waals surface area contributed by atoms with Crippen molar-refractivity contribution < 1.29 is 19.1 Å². The molecule has 0 aromatic heterocycles. The molecule has 7 nitrogen and oxygen atoms in total. The smallest absolute Gasteiger partial charge is 0.257 e. The molecule has 28 heavy (non-hydrogen) atoms. The van der Waals surface area contributed by atoms with E-state index in [9.17, 15) is 9.59 Å². The minimum absolute atomic E-state index is 0.0568. The van der Waals surface area contributed by atoms with Crippen molar-refractivity contribution in [3.05, 3.63) is 54.1 Å². The number of nitrogens with one attached hydrogen (secondary N) is 2. The third-order valence-corrected chi connectivity index (χ3v) is 4.09. The van der Waals surface area contributed by atoms with Gasteiger partial charge >= 0.3 is 0 Å². The first-order valence-corrected chi connectivity index (χ1v) is 9.00. The minimum Gasteiger partial charge on any atom is -0.491 e. The van der Waals surface area contributed by atoms with Gasteiger partial charge in [-0.05, 0) is 60.7 Å². The molecule has 0 aliphatic heterocycles. The molecule has 0 unspecified atom stereocenters. The van der Waals surface area contributed by atoms with Crippen LogP contribution in [0.25, 0.3) is 0 Å². The second kappa shape index (κ2) is 10.4. The molecule has 0 atom stereocenters. The molecular formula is C20H23N3O4S. The third kappa shape index (κ3) is 6.33. The Labute approximate surface area is 169 Å². The van der Waals surface area contributed by atoms with Gasteiger partial charge in [0.1, 0.15) is 12.4 Å². The highest BCUT2D eigenvalue weighted by Gasteiger charge is 2.09. The highest BCUT2D eigenvalue weighted by atomic mass is 32.1. The minimum atomic E-state index is -0.325. The maximum atomic E-state index is 12.3. The van der Waals surface area contributed by atoms with E-state index >= 15 is 0 Å². The van der Waals surface area contributed by atoms with Crippen molar-refractivity contribution in [1.82, 2.24) is 5.32 Å². The van der Waals surface area contributed by atoms with Gasteiger partial charge in [-0.25, -0.2) is 0 Å². The molecule has 2 rings (SSSR count). The Morgan fingerprint density at radius 3 is 2.25 bits per heavy atom. The molecule has 0 fully saturated rings. The number of thiocarbonyl (C=S) groups is 1. The van der Waals surface area contributed by atoms with Gasteiger partial charge in [0.15, 0.2) is 5.11 Å². The quantitative estimate of drug-likeness (QED) is 0.549. The summed E-state index contributed by atoms with van der Waals surface area (Å²) in [5.74, 6) is 0.275. The Morgan fingerprint density at radius 2 is 1.68 bits per heavy atom. The largest absolute Gasteiger partial charge is 0.491 e. The maximum absolute atomic E-state index is 12.3. The van der Waals surface area contributed by atoms with Crippen LogP contribution in [0.3, 0.4) is 0 Å². The fraction of sp³-hybridized carbons (Fsp3) is 0.250. The van der Waals surface area contributed by atoms with Crippen molar-refractivity contribution in [1.29, 1.82) is 0 Å². The van der Waals surface area contributed by atoms with Crippen LogP contribution in [0, 0.1) is 0 Å². The van der Waals surface area contributed by atoms with Crippen LogP contribution < -0.4 is 20.3 Å². The predicted molar refractivity (Wildman–Crippen MR) is 113 cm³/mol. The van der Waals surface area contributed by atoms with E-state index in [0.29, 0.717) is 30.2 Å². The Balaban J connectivity index is 1.88. The summed E-state index contributed by atoms with van der Waals surface area (Å²) in [5.41, 5.74) is 1.93. The van der Waals surface area contributed by atoms with E-state index in [2.05, 4.69) is 10.6 Å². The second-order valence-electron chi connectivity index (χ2n) is 5.90. The molecule has 2 N–H and O–H groups in total. The first kappa shape index (κ1) is 21.3. The Kier molecular flexibility index (Phi) is 7.91. The summed E-state index contributed by atoms with van der Waals surface area (Å²) in [4.78, 5) is 25.2. The van der Waals surface area contributed by atoms with Crippen molar-refractivity contribution in [2.24, 2.45) is 0 Å². The monoisotopic (exact) mass is 401 g/mol. The molecule has 0 aliphatic rings. The molecule has 148 valence electrons. The van der Waals surface area contributed by atoms with Crippen LogP contribution in [0.4, 0.5) is 11.4 Å². The highest BCUT2D eigenvalue weighted by molar-refractivity contribution is 7.80. The van der Waals surface area contributed by atoms with Crippen molar-refractivity contribution in [3.8, 4) is 5.75 Å². The topological polar surface area (TPSA) is 79.9 Å². The van der Waals surface area contributed by atoms with Crippen LogP contribution in [0.2, 0.25) is 0 Å². The van der Waals surface area contributed by atoms with E-state index in [1.54, 1.807) is 62.7 Å². The molecular weight excluding hydrogens is 378 g/mol. The molecule has 0 saturated heterocycles.